The van der Waals surface area contributed by atoms with Crippen molar-refractivity contribution in [3.63, 3.8) is 0 Å². The number of rotatable bonds is 4. The number of nitrogens with zero attached hydrogens (tertiary/aromatic N) is 1. The first-order valence-electron chi connectivity index (χ1n) is 6.02. The smallest absolute Gasteiger partial charge is 0.161 e. The van der Waals surface area contributed by atoms with Crippen molar-refractivity contribution in [2.75, 3.05) is 27.3 Å². The molecule has 1 atom stereocenters. The number of nitrogens with two attached hydrogens (primary N) is 1. The minimum absolute atomic E-state index is 0.309. The summed E-state index contributed by atoms with van der Waals surface area (Å²) in [6.45, 7) is 2.90. The van der Waals surface area contributed by atoms with Crippen molar-refractivity contribution >= 4 is 15.9 Å². The number of benzene rings is 1. The van der Waals surface area contributed by atoms with Gasteiger partial charge in [-0.3, -0.25) is 4.90 Å². The first kappa shape index (κ1) is 13.6. The van der Waals surface area contributed by atoms with Crippen LogP contribution in [0.4, 0.5) is 0 Å². The number of ether oxygens (including phenoxy) is 2. The van der Waals surface area contributed by atoms with Gasteiger partial charge in [0.2, 0.25) is 0 Å². The number of halogens is 1. The van der Waals surface area contributed by atoms with Crippen molar-refractivity contribution < 1.29 is 9.47 Å². The Kier molecular flexibility index (Phi) is 4.48. The third-order valence-electron chi connectivity index (χ3n) is 3.26. The lowest BCUT2D eigenvalue weighted by atomic mass is 10.2. The zero-order valence-corrected chi connectivity index (χ0v) is 12.4. The normalized spacial score (nSPS) is 20.1. The van der Waals surface area contributed by atoms with Crippen LogP contribution >= 0.6 is 15.9 Å². The van der Waals surface area contributed by atoms with Crippen LogP contribution in [0.5, 0.6) is 11.5 Å². The Morgan fingerprint density at radius 2 is 2.00 bits per heavy atom. The van der Waals surface area contributed by atoms with Crippen molar-refractivity contribution in [2.24, 2.45) is 5.73 Å². The quantitative estimate of drug-likeness (QED) is 0.923. The summed E-state index contributed by atoms with van der Waals surface area (Å²) in [5.41, 5.74) is 7.12. The summed E-state index contributed by atoms with van der Waals surface area (Å²) in [7, 11) is 3.30. The van der Waals surface area contributed by atoms with E-state index in [1.54, 1.807) is 14.2 Å². The van der Waals surface area contributed by atoms with E-state index in [0.717, 1.165) is 42.0 Å². The molecule has 1 unspecified atom stereocenters. The number of hydrogen-bond acceptors (Lipinski definition) is 4. The highest BCUT2D eigenvalue weighted by Crippen LogP contribution is 2.34. The molecule has 1 aromatic rings. The summed E-state index contributed by atoms with van der Waals surface area (Å²) in [5, 5.41) is 0. The molecular formula is C13H19BrN2O2. The van der Waals surface area contributed by atoms with Gasteiger partial charge in [-0.25, -0.2) is 0 Å². The third kappa shape index (κ3) is 2.96. The Balaban J connectivity index is 2.17. The fourth-order valence-electron chi connectivity index (χ4n) is 2.26. The summed E-state index contributed by atoms with van der Waals surface area (Å²) < 4.78 is 11.6. The topological polar surface area (TPSA) is 47.7 Å². The highest BCUT2D eigenvalue weighted by molar-refractivity contribution is 9.10. The molecule has 18 heavy (non-hydrogen) atoms. The Labute approximate surface area is 116 Å². The molecule has 1 heterocycles. The standard InChI is InChI=1S/C13H19BrN2O2/c1-17-12-5-9(11(14)6-13(12)18-2)7-16-4-3-10(15)8-16/h5-6,10H,3-4,7-8,15H2,1-2H3. The van der Waals surface area contributed by atoms with Gasteiger partial charge in [0.1, 0.15) is 0 Å². The highest BCUT2D eigenvalue weighted by atomic mass is 79.9. The molecule has 0 radical (unpaired) electrons. The van der Waals surface area contributed by atoms with E-state index in [1.807, 2.05) is 12.1 Å². The van der Waals surface area contributed by atoms with Gasteiger partial charge in [-0.1, -0.05) is 15.9 Å². The Bertz CT molecular complexity index is 426. The summed E-state index contributed by atoms with van der Waals surface area (Å²) in [6, 6.07) is 4.28. The van der Waals surface area contributed by atoms with Gasteiger partial charge in [-0.05, 0) is 24.1 Å². The molecule has 1 aliphatic rings. The second-order valence-electron chi connectivity index (χ2n) is 4.58. The van der Waals surface area contributed by atoms with Crippen LogP contribution in [-0.4, -0.2) is 38.3 Å². The number of methoxy groups -OCH3 is 2. The van der Waals surface area contributed by atoms with Crippen molar-refractivity contribution in [1.82, 2.24) is 4.90 Å². The molecular weight excluding hydrogens is 296 g/mol. The van der Waals surface area contributed by atoms with Crippen LogP contribution in [-0.2, 0) is 6.54 Å². The van der Waals surface area contributed by atoms with E-state index in [4.69, 9.17) is 15.2 Å². The molecule has 0 amide bonds. The molecule has 0 bridgehead atoms. The average Bonchev–Trinajstić information content (AvgIpc) is 2.77. The van der Waals surface area contributed by atoms with E-state index in [9.17, 15) is 0 Å². The van der Waals surface area contributed by atoms with Gasteiger partial charge >= 0.3 is 0 Å². The molecule has 1 aromatic carbocycles. The lowest BCUT2D eigenvalue weighted by Gasteiger charge is -2.18. The summed E-state index contributed by atoms with van der Waals surface area (Å²) in [6.07, 6.45) is 1.07. The van der Waals surface area contributed by atoms with Gasteiger partial charge in [0.25, 0.3) is 0 Å². The van der Waals surface area contributed by atoms with Gasteiger partial charge < -0.3 is 15.2 Å². The van der Waals surface area contributed by atoms with Crippen LogP contribution in [0.15, 0.2) is 16.6 Å². The molecule has 5 heteroatoms. The largest absolute Gasteiger partial charge is 0.493 e. The van der Waals surface area contributed by atoms with Gasteiger partial charge in [0.15, 0.2) is 11.5 Å². The second kappa shape index (κ2) is 5.91. The predicted molar refractivity (Wildman–Crippen MR) is 75.1 cm³/mol. The van der Waals surface area contributed by atoms with E-state index >= 15 is 0 Å². The zero-order valence-electron chi connectivity index (χ0n) is 10.8. The lowest BCUT2D eigenvalue weighted by Crippen LogP contribution is -2.26. The van der Waals surface area contributed by atoms with E-state index in [0.29, 0.717) is 6.04 Å². The molecule has 0 aliphatic carbocycles. The van der Waals surface area contributed by atoms with E-state index in [-0.39, 0.29) is 0 Å². The van der Waals surface area contributed by atoms with Crippen LogP contribution in [0.25, 0.3) is 0 Å². The minimum Gasteiger partial charge on any atom is -0.493 e. The van der Waals surface area contributed by atoms with Gasteiger partial charge in [0.05, 0.1) is 14.2 Å². The molecule has 2 N–H and O–H groups in total. The minimum atomic E-state index is 0.309. The van der Waals surface area contributed by atoms with Crippen LogP contribution in [0.2, 0.25) is 0 Å². The summed E-state index contributed by atoms with van der Waals surface area (Å²) in [4.78, 5) is 2.36. The maximum atomic E-state index is 5.92. The first-order valence-corrected chi connectivity index (χ1v) is 6.81. The first-order chi connectivity index (χ1) is 8.63. The Morgan fingerprint density at radius 1 is 1.33 bits per heavy atom. The average molecular weight is 315 g/mol. The molecule has 0 spiro atoms. The highest BCUT2D eigenvalue weighted by Gasteiger charge is 2.20. The Hall–Kier alpha value is -0.780. The van der Waals surface area contributed by atoms with Gasteiger partial charge in [-0.15, -0.1) is 0 Å². The maximum Gasteiger partial charge on any atom is 0.161 e. The number of hydrogen-bond donors (Lipinski definition) is 1. The van der Waals surface area contributed by atoms with Crippen molar-refractivity contribution in [3.05, 3.63) is 22.2 Å². The van der Waals surface area contributed by atoms with Crippen LogP contribution in [0.1, 0.15) is 12.0 Å². The number of likely N-dealkylation sites (tertiary alicyclic amines) is 1. The molecule has 0 saturated carbocycles. The van der Waals surface area contributed by atoms with Gasteiger partial charge in [-0.2, -0.15) is 0 Å². The van der Waals surface area contributed by atoms with Crippen LogP contribution in [0.3, 0.4) is 0 Å². The maximum absolute atomic E-state index is 5.92. The molecule has 2 rings (SSSR count). The molecule has 1 aliphatic heterocycles. The zero-order chi connectivity index (χ0) is 13.1. The lowest BCUT2D eigenvalue weighted by molar-refractivity contribution is 0.322. The van der Waals surface area contributed by atoms with Crippen LogP contribution in [0, 0.1) is 0 Å². The van der Waals surface area contributed by atoms with E-state index in [1.165, 1.54) is 5.56 Å². The summed E-state index contributed by atoms with van der Waals surface area (Å²) >= 11 is 3.58. The second-order valence-corrected chi connectivity index (χ2v) is 5.44. The van der Waals surface area contributed by atoms with Crippen molar-refractivity contribution in [2.45, 2.75) is 19.0 Å². The van der Waals surface area contributed by atoms with E-state index in [2.05, 4.69) is 20.8 Å². The third-order valence-corrected chi connectivity index (χ3v) is 3.99. The van der Waals surface area contributed by atoms with Gasteiger partial charge in [0, 0.05) is 30.1 Å². The van der Waals surface area contributed by atoms with Crippen molar-refractivity contribution in [3.8, 4) is 11.5 Å². The summed E-state index contributed by atoms with van der Waals surface area (Å²) in [5.74, 6) is 1.51. The van der Waals surface area contributed by atoms with Crippen LogP contribution < -0.4 is 15.2 Å². The molecule has 100 valence electrons. The molecule has 1 saturated heterocycles. The Morgan fingerprint density at radius 3 is 2.56 bits per heavy atom. The SMILES string of the molecule is COc1cc(Br)c(CN2CCC(N)C2)cc1OC. The van der Waals surface area contributed by atoms with E-state index < -0.39 is 0 Å². The fourth-order valence-corrected chi connectivity index (χ4v) is 2.71. The molecule has 4 nitrogen and oxygen atoms in total. The fraction of sp³-hybridized carbons (Fsp3) is 0.538. The molecule has 1 fully saturated rings. The molecule has 0 aromatic heterocycles. The van der Waals surface area contributed by atoms with Crippen molar-refractivity contribution in [1.29, 1.82) is 0 Å². The monoisotopic (exact) mass is 314 g/mol. The predicted octanol–water partition coefficient (Wildman–Crippen LogP) is 2.00.